The molecule has 0 aliphatic rings. The maximum Gasteiger partial charge on any atom is 0.338 e. The predicted octanol–water partition coefficient (Wildman–Crippen LogP) is 4.54. The minimum atomic E-state index is -3.66. The first kappa shape index (κ1) is 21.0. The molecule has 0 spiro atoms. The molecule has 3 aromatic rings. The largest absolute Gasteiger partial charge is 0.457 e. The molecule has 0 N–H and O–H groups in total. The molecule has 3 rings (SSSR count). The topological polar surface area (TPSA) is 63.7 Å². The first-order valence-corrected chi connectivity index (χ1v) is 11.1. The van der Waals surface area contributed by atoms with Crippen molar-refractivity contribution in [3.63, 3.8) is 0 Å². The van der Waals surface area contributed by atoms with Gasteiger partial charge < -0.3 is 4.74 Å². The number of aryl methyl sites for hydroxylation is 1. The molecule has 0 bridgehead atoms. The second kappa shape index (κ2) is 8.76. The van der Waals surface area contributed by atoms with E-state index in [2.05, 4.69) is 0 Å². The molecule has 5 nitrogen and oxygen atoms in total. The van der Waals surface area contributed by atoms with E-state index in [-0.39, 0.29) is 17.1 Å². The van der Waals surface area contributed by atoms with Gasteiger partial charge in [-0.2, -0.15) is 4.31 Å². The molecule has 152 valence electrons. The fourth-order valence-corrected chi connectivity index (χ4v) is 5.06. The van der Waals surface area contributed by atoms with Gasteiger partial charge in [-0.05, 0) is 41.0 Å². The van der Waals surface area contributed by atoms with Crippen LogP contribution in [0.15, 0.2) is 65.6 Å². The highest BCUT2D eigenvalue weighted by molar-refractivity contribution is 7.89. The Morgan fingerprint density at radius 1 is 0.966 bits per heavy atom. The quantitative estimate of drug-likeness (QED) is 0.536. The van der Waals surface area contributed by atoms with Crippen LogP contribution in [-0.2, 0) is 21.4 Å². The number of esters is 1. The van der Waals surface area contributed by atoms with E-state index < -0.39 is 16.0 Å². The van der Waals surface area contributed by atoms with Crippen LogP contribution in [0.2, 0.25) is 0 Å². The van der Waals surface area contributed by atoms with Crippen LogP contribution >= 0.6 is 0 Å². The SMILES string of the molecule is CCN(CC)S(=O)(=O)c1cc(C(=O)OCc2cccc3ccccc23)ccc1C. The van der Waals surface area contributed by atoms with Crippen LogP contribution in [0, 0.1) is 6.92 Å². The van der Waals surface area contributed by atoms with E-state index >= 15 is 0 Å². The third-order valence-corrected chi connectivity index (χ3v) is 7.18. The standard InChI is InChI=1S/C23H25NO4S/c1-4-24(5-2)29(26,27)22-15-19(14-13-17(22)3)23(25)28-16-20-11-8-10-18-9-6-7-12-21(18)20/h6-15H,4-5,16H2,1-3H3. The molecule has 0 saturated carbocycles. The Hall–Kier alpha value is -2.70. The Labute approximate surface area is 172 Å². The van der Waals surface area contributed by atoms with Gasteiger partial charge in [0.25, 0.3) is 0 Å². The Bertz CT molecular complexity index is 1130. The molecular formula is C23H25NO4S. The maximum atomic E-state index is 12.9. The van der Waals surface area contributed by atoms with Crippen LogP contribution in [0.5, 0.6) is 0 Å². The van der Waals surface area contributed by atoms with Crippen molar-refractivity contribution in [3.8, 4) is 0 Å². The second-order valence-corrected chi connectivity index (χ2v) is 8.69. The monoisotopic (exact) mass is 411 g/mol. The molecule has 0 aliphatic carbocycles. The Kier molecular flexibility index (Phi) is 6.35. The van der Waals surface area contributed by atoms with Crippen molar-refractivity contribution < 1.29 is 17.9 Å². The van der Waals surface area contributed by atoms with E-state index in [4.69, 9.17) is 4.74 Å². The van der Waals surface area contributed by atoms with Crippen LogP contribution in [0.25, 0.3) is 10.8 Å². The van der Waals surface area contributed by atoms with E-state index in [1.165, 1.54) is 10.4 Å². The predicted molar refractivity (Wildman–Crippen MR) is 114 cm³/mol. The minimum Gasteiger partial charge on any atom is -0.457 e. The molecule has 0 aromatic heterocycles. The summed E-state index contributed by atoms with van der Waals surface area (Å²) >= 11 is 0. The maximum absolute atomic E-state index is 12.9. The number of benzene rings is 3. The Balaban J connectivity index is 1.85. The molecule has 3 aromatic carbocycles. The van der Waals surface area contributed by atoms with E-state index in [1.54, 1.807) is 32.9 Å². The number of nitrogens with zero attached hydrogens (tertiary/aromatic N) is 1. The van der Waals surface area contributed by atoms with Gasteiger partial charge in [0.1, 0.15) is 6.61 Å². The van der Waals surface area contributed by atoms with E-state index in [1.807, 2.05) is 42.5 Å². The van der Waals surface area contributed by atoms with Gasteiger partial charge in [-0.1, -0.05) is 62.4 Å². The van der Waals surface area contributed by atoms with Gasteiger partial charge in [-0.3, -0.25) is 0 Å². The number of hydrogen-bond donors (Lipinski definition) is 0. The lowest BCUT2D eigenvalue weighted by molar-refractivity contribution is 0.0474. The van der Waals surface area contributed by atoms with Crippen LogP contribution in [0.3, 0.4) is 0 Å². The zero-order valence-corrected chi connectivity index (χ0v) is 17.7. The molecule has 0 atom stereocenters. The van der Waals surface area contributed by atoms with Gasteiger partial charge in [-0.15, -0.1) is 0 Å². The summed E-state index contributed by atoms with van der Waals surface area (Å²) in [5.41, 5.74) is 1.73. The number of fused-ring (bicyclic) bond motifs is 1. The summed E-state index contributed by atoms with van der Waals surface area (Å²) in [5, 5.41) is 2.10. The zero-order valence-electron chi connectivity index (χ0n) is 16.9. The number of rotatable bonds is 7. The summed E-state index contributed by atoms with van der Waals surface area (Å²) in [6, 6.07) is 18.4. The molecule has 0 unspecified atom stereocenters. The lowest BCUT2D eigenvalue weighted by atomic mass is 10.1. The fraction of sp³-hybridized carbons (Fsp3) is 0.261. The lowest BCUT2D eigenvalue weighted by Gasteiger charge is -2.20. The molecular weight excluding hydrogens is 386 g/mol. The minimum absolute atomic E-state index is 0.117. The lowest BCUT2D eigenvalue weighted by Crippen LogP contribution is -2.31. The molecule has 0 radical (unpaired) electrons. The summed E-state index contributed by atoms with van der Waals surface area (Å²) < 4.78 is 32.7. The summed E-state index contributed by atoms with van der Waals surface area (Å²) in [6.45, 7) is 6.16. The van der Waals surface area contributed by atoms with Crippen LogP contribution in [0.1, 0.15) is 35.3 Å². The van der Waals surface area contributed by atoms with Crippen molar-refractivity contribution >= 4 is 26.8 Å². The average molecular weight is 412 g/mol. The molecule has 0 heterocycles. The molecule has 29 heavy (non-hydrogen) atoms. The van der Waals surface area contributed by atoms with E-state index in [9.17, 15) is 13.2 Å². The summed E-state index contributed by atoms with van der Waals surface area (Å²) in [4.78, 5) is 12.8. The van der Waals surface area contributed by atoms with E-state index in [0.717, 1.165) is 16.3 Å². The van der Waals surface area contributed by atoms with Gasteiger partial charge in [0.15, 0.2) is 0 Å². The van der Waals surface area contributed by atoms with Gasteiger partial charge in [0.05, 0.1) is 10.5 Å². The average Bonchev–Trinajstić information content (AvgIpc) is 2.72. The number of sulfonamides is 1. The van der Waals surface area contributed by atoms with Gasteiger partial charge >= 0.3 is 5.97 Å². The summed E-state index contributed by atoms with van der Waals surface area (Å²) in [6.07, 6.45) is 0. The third kappa shape index (κ3) is 4.33. The normalized spacial score (nSPS) is 11.7. The number of hydrogen-bond acceptors (Lipinski definition) is 4. The van der Waals surface area contributed by atoms with Gasteiger partial charge in [-0.25, -0.2) is 13.2 Å². The van der Waals surface area contributed by atoms with Crippen LogP contribution in [0.4, 0.5) is 0 Å². The van der Waals surface area contributed by atoms with Crippen LogP contribution in [-0.4, -0.2) is 31.8 Å². The second-order valence-electron chi connectivity index (χ2n) is 6.78. The van der Waals surface area contributed by atoms with E-state index in [0.29, 0.717) is 18.7 Å². The molecule has 0 saturated heterocycles. The first-order chi connectivity index (χ1) is 13.9. The summed E-state index contributed by atoms with van der Waals surface area (Å²) in [5.74, 6) is -0.547. The highest BCUT2D eigenvalue weighted by Crippen LogP contribution is 2.23. The number of ether oxygens (including phenoxy) is 1. The Morgan fingerprint density at radius 3 is 2.38 bits per heavy atom. The highest BCUT2D eigenvalue weighted by atomic mass is 32.2. The first-order valence-electron chi connectivity index (χ1n) is 9.63. The number of carbonyl (C=O) groups excluding carboxylic acids is 1. The van der Waals surface area contributed by atoms with Crippen molar-refractivity contribution in [3.05, 3.63) is 77.4 Å². The fourth-order valence-electron chi connectivity index (χ4n) is 3.35. The summed E-state index contributed by atoms with van der Waals surface area (Å²) in [7, 11) is -3.66. The van der Waals surface area contributed by atoms with Crippen molar-refractivity contribution in [1.82, 2.24) is 4.31 Å². The molecule has 0 aliphatic heterocycles. The third-order valence-electron chi connectivity index (χ3n) is 4.99. The zero-order chi connectivity index (χ0) is 21.0. The molecule has 0 fully saturated rings. The van der Waals surface area contributed by atoms with Crippen molar-refractivity contribution in [2.45, 2.75) is 32.3 Å². The van der Waals surface area contributed by atoms with Crippen LogP contribution < -0.4 is 0 Å². The van der Waals surface area contributed by atoms with Gasteiger partial charge in [0, 0.05) is 13.1 Å². The highest BCUT2D eigenvalue weighted by Gasteiger charge is 2.25. The number of carbonyl (C=O) groups is 1. The molecule has 6 heteroatoms. The van der Waals surface area contributed by atoms with Crippen molar-refractivity contribution in [2.24, 2.45) is 0 Å². The smallest absolute Gasteiger partial charge is 0.338 e. The van der Waals surface area contributed by atoms with Gasteiger partial charge in [0.2, 0.25) is 10.0 Å². The van der Waals surface area contributed by atoms with Crippen molar-refractivity contribution in [2.75, 3.05) is 13.1 Å². The van der Waals surface area contributed by atoms with Crippen molar-refractivity contribution in [1.29, 1.82) is 0 Å². The Morgan fingerprint density at radius 2 is 1.66 bits per heavy atom. The molecule has 0 amide bonds.